The molecule has 0 unspecified atom stereocenters. The maximum absolute atomic E-state index is 6.63. The van der Waals surface area contributed by atoms with E-state index in [1.165, 1.54) is 27.5 Å². The summed E-state index contributed by atoms with van der Waals surface area (Å²) in [6, 6.07) is 72.5. The second kappa shape index (κ2) is 13.6. The average Bonchev–Trinajstić information content (AvgIpc) is 3.87. The van der Waals surface area contributed by atoms with Gasteiger partial charge in [-0.15, -0.1) is 0 Å². The Morgan fingerprint density at radius 3 is 1.74 bits per heavy atom. The first kappa shape index (κ1) is 32.7. The van der Waals surface area contributed by atoms with Crippen LogP contribution < -0.4 is 4.90 Å². The molecule has 0 saturated heterocycles. The Balaban J connectivity index is 1.02. The molecular formula is C53H34N2O2. The molecule has 4 nitrogen and oxygen atoms in total. The lowest BCUT2D eigenvalue weighted by Gasteiger charge is -2.28. The molecule has 0 saturated carbocycles. The first-order valence-corrected chi connectivity index (χ1v) is 19.2. The standard InChI is InChI=1S/C53H34N2O2/c1-3-13-35(14-4-1)36-25-29-40(30-26-36)55(49-24-10-9-20-45(49)44-22-11-18-37-15-7-8-19-42(37)44)41-31-27-38(28-32-41)43-21-12-23-46-47-33-48-51(34-50(47)56-52(43)46)57-53(54-48)39-16-5-2-6-17-39/h1-34H. The Morgan fingerprint density at radius 2 is 0.947 bits per heavy atom. The number of fused-ring (bicyclic) bond motifs is 5. The van der Waals surface area contributed by atoms with Gasteiger partial charge in [-0.05, 0) is 81.6 Å². The number of hydrogen-bond donors (Lipinski definition) is 0. The molecule has 0 aliphatic heterocycles. The lowest BCUT2D eigenvalue weighted by molar-refractivity contribution is 0.617. The molecule has 0 amide bonds. The van der Waals surface area contributed by atoms with Gasteiger partial charge < -0.3 is 13.7 Å². The van der Waals surface area contributed by atoms with E-state index in [0.29, 0.717) is 11.5 Å². The Morgan fingerprint density at radius 1 is 0.368 bits per heavy atom. The van der Waals surface area contributed by atoms with Crippen LogP contribution >= 0.6 is 0 Å². The van der Waals surface area contributed by atoms with Gasteiger partial charge in [0.05, 0.1) is 5.69 Å². The van der Waals surface area contributed by atoms with Crippen LogP contribution in [0.25, 0.3) is 88.6 Å². The van der Waals surface area contributed by atoms with Crippen LogP contribution in [-0.4, -0.2) is 4.98 Å². The van der Waals surface area contributed by atoms with E-state index in [1.54, 1.807) is 0 Å². The smallest absolute Gasteiger partial charge is 0.227 e. The molecule has 0 atom stereocenters. The van der Waals surface area contributed by atoms with Crippen LogP contribution in [0.15, 0.2) is 215 Å². The van der Waals surface area contributed by atoms with Crippen molar-refractivity contribution in [1.82, 2.24) is 4.98 Å². The molecule has 0 fully saturated rings. The zero-order valence-electron chi connectivity index (χ0n) is 30.8. The number of oxazole rings is 1. The molecule has 57 heavy (non-hydrogen) atoms. The van der Waals surface area contributed by atoms with Gasteiger partial charge in [0.2, 0.25) is 5.89 Å². The highest BCUT2D eigenvalue weighted by Gasteiger charge is 2.20. The third kappa shape index (κ3) is 5.74. The summed E-state index contributed by atoms with van der Waals surface area (Å²) in [7, 11) is 0. The number of furan rings is 1. The summed E-state index contributed by atoms with van der Waals surface area (Å²) in [5.41, 5.74) is 14.1. The van der Waals surface area contributed by atoms with Gasteiger partial charge in [-0.25, -0.2) is 4.98 Å². The maximum Gasteiger partial charge on any atom is 0.227 e. The highest BCUT2D eigenvalue weighted by atomic mass is 16.4. The number of aromatic nitrogens is 1. The van der Waals surface area contributed by atoms with Crippen molar-refractivity contribution < 1.29 is 8.83 Å². The van der Waals surface area contributed by atoms with E-state index in [2.05, 4.69) is 175 Å². The highest BCUT2D eigenvalue weighted by molar-refractivity contribution is 6.12. The van der Waals surface area contributed by atoms with E-state index in [-0.39, 0.29) is 0 Å². The first-order valence-electron chi connectivity index (χ1n) is 19.2. The summed E-state index contributed by atoms with van der Waals surface area (Å²) in [6.07, 6.45) is 0. The fourth-order valence-corrected chi connectivity index (χ4v) is 8.16. The summed E-state index contributed by atoms with van der Waals surface area (Å²) < 4.78 is 12.8. The van der Waals surface area contributed by atoms with Crippen molar-refractivity contribution >= 4 is 60.9 Å². The van der Waals surface area contributed by atoms with Gasteiger partial charge >= 0.3 is 0 Å². The van der Waals surface area contributed by atoms with Gasteiger partial charge in [0.1, 0.15) is 16.7 Å². The van der Waals surface area contributed by atoms with Crippen molar-refractivity contribution in [3.05, 3.63) is 206 Å². The number of anilines is 3. The fourth-order valence-electron chi connectivity index (χ4n) is 8.16. The van der Waals surface area contributed by atoms with Crippen molar-refractivity contribution in [2.75, 3.05) is 4.90 Å². The predicted octanol–water partition coefficient (Wildman–Crippen LogP) is 15.0. The number of para-hydroxylation sites is 2. The summed E-state index contributed by atoms with van der Waals surface area (Å²) >= 11 is 0. The summed E-state index contributed by atoms with van der Waals surface area (Å²) in [4.78, 5) is 7.19. The number of rotatable bonds is 7. The van der Waals surface area contributed by atoms with Crippen LogP contribution in [0.5, 0.6) is 0 Å². The van der Waals surface area contributed by atoms with E-state index < -0.39 is 0 Å². The molecule has 0 bridgehead atoms. The number of hydrogen-bond acceptors (Lipinski definition) is 4. The van der Waals surface area contributed by atoms with Gasteiger partial charge in [-0.2, -0.15) is 0 Å². The van der Waals surface area contributed by atoms with Crippen molar-refractivity contribution in [2.24, 2.45) is 0 Å². The normalized spacial score (nSPS) is 11.5. The van der Waals surface area contributed by atoms with E-state index in [1.807, 2.05) is 36.4 Å². The van der Waals surface area contributed by atoms with Gasteiger partial charge in [-0.1, -0.05) is 152 Å². The lowest BCUT2D eigenvalue weighted by Crippen LogP contribution is -2.11. The van der Waals surface area contributed by atoms with Crippen LogP contribution in [0, 0.1) is 0 Å². The topological polar surface area (TPSA) is 42.4 Å². The fraction of sp³-hybridized carbons (Fsp3) is 0. The van der Waals surface area contributed by atoms with Gasteiger partial charge in [-0.3, -0.25) is 0 Å². The molecule has 2 heterocycles. The Hall–Kier alpha value is -7.69. The minimum atomic E-state index is 0.601. The Labute approximate surface area is 329 Å². The second-order valence-electron chi connectivity index (χ2n) is 14.3. The SMILES string of the molecule is c1ccc(-c2ccc(N(c3ccc(-c4cccc5c4oc4cc6oc(-c7ccccc7)nc6cc45)cc3)c3ccccc3-c3cccc4ccccc34)cc2)cc1. The maximum atomic E-state index is 6.63. The zero-order valence-corrected chi connectivity index (χ0v) is 30.8. The van der Waals surface area contributed by atoms with Crippen LogP contribution in [0.1, 0.15) is 0 Å². The monoisotopic (exact) mass is 730 g/mol. The number of benzene rings is 9. The molecule has 11 rings (SSSR count). The molecule has 0 spiro atoms. The summed E-state index contributed by atoms with van der Waals surface area (Å²) in [6.45, 7) is 0. The average molecular weight is 731 g/mol. The quantitative estimate of drug-likeness (QED) is 0.164. The second-order valence-corrected chi connectivity index (χ2v) is 14.3. The molecule has 4 heteroatoms. The van der Waals surface area contributed by atoms with Crippen LogP contribution in [0.4, 0.5) is 17.1 Å². The zero-order chi connectivity index (χ0) is 37.7. The molecule has 0 aliphatic carbocycles. The van der Waals surface area contributed by atoms with Crippen molar-refractivity contribution in [2.45, 2.75) is 0 Å². The van der Waals surface area contributed by atoms with E-state index in [9.17, 15) is 0 Å². The van der Waals surface area contributed by atoms with Crippen molar-refractivity contribution in [1.29, 1.82) is 0 Å². The summed E-state index contributed by atoms with van der Waals surface area (Å²) in [5.74, 6) is 0.601. The van der Waals surface area contributed by atoms with Gasteiger partial charge in [0, 0.05) is 44.9 Å². The molecule has 268 valence electrons. The molecule has 11 aromatic rings. The Kier molecular flexibility index (Phi) is 7.78. The third-order valence-electron chi connectivity index (χ3n) is 10.9. The van der Waals surface area contributed by atoms with Gasteiger partial charge in [0.25, 0.3) is 0 Å². The van der Waals surface area contributed by atoms with Gasteiger partial charge in [0.15, 0.2) is 5.58 Å². The molecule has 0 radical (unpaired) electrons. The highest BCUT2D eigenvalue weighted by Crippen LogP contribution is 2.44. The Bertz CT molecular complexity index is 3210. The molecule has 2 aromatic heterocycles. The van der Waals surface area contributed by atoms with Crippen molar-refractivity contribution in [3.63, 3.8) is 0 Å². The third-order valence-corrected chi connectivity index (χ3v) is 10.9. The van der Waals surface area contributed by atoms with Crippen molar-refractivity contribution in [3.8, 4) is 44.8 Å². The summed E-state index contributed by atoms with van der Waals surface area (Å²) in [5, 5.41) is 4.50. The minimum Gasteiger partial charge on any atom is -0.455 e. The van der Waals surface area contributed by atoms with E-state index in [0.717, 1.165) is 66.8 Å². The van der Waals surface area contributed by atoms with Crippen LogP contribution in [0.3, 0.4) is 0 Å². The number of nitrogens with zero attached hydrogens (tertiary/aromatic N) is 2. The molecule has 0 N–H and O–H groups in total. The first-order chi connectivity index (χ1) is 28.2. The predicted molar refractivity (Wildman–Crippen MR) is 235 cm³/mol. The molecule has 0 aliphatic rings. The molecule has 9 aromatic carbocycles. The van der Waals surface area contributed by atoms with Crippen LogP contribution in [-0.2, 0) is 0 Å². The van der Waals surface area contributed by atoms with E-state index >= 15 is 0 Å². The lowest BCUT2D eigenvalue weighted by atomic mass is 9.96. The largest absolute Gasteiger partial charge is 0.455 e. The minimum absolute atomic E-state index is 0.601. The van der Waals surface area contributed by atoms with E-state index in [4.69, 9.17) is 13.8 Å². The molecular weight excluding hydrogens is 697 g/mol. The van der Waals surface area contributed by atoms with Crippen LogP contribution in [0.2, 0.25) is 0 Å².